The van der Waals surface area contributed by atoms with Crippen LogP contribution in [0.25, 0.3) is 0 Å². The van der Waals surface area contributed by atoms with Gasteiger partial charge in [0, 0.05) is 6.42 Å². The number of carboxylic acids is 1. The number of benzene rings is 1. The lowest BCUT2D eigenvalue weighted by atomic mass is 9.78. The molecule has 0 bridgehead atoms. The van der Waals surface area contributed by atoms with E-state index in [0.29, 0.717) is 11.0 Å². The number of rotatable bonds is 3. The van der Waals surface area contributed by atoms with Crippen LogP contribution in [-0.4, -0.2) is 29.3 Å². The molecule has 0 spiro atoms. The molecule has 2 rings (SSSR count). The molecule has 1 atom stereocenters. The molecule has 0 amide bonds. The van der Waals surface area contributed by atoms with Gasteiger partial charge in [-0.1, -0.05) is 6.07 Å². The van der Waals surface area contributed by atoms with E-state index < -0.39 is 24.9 Å². The van der Waals surface area contributed by atoms with Gasteiger partial charge in [0.25, 0.3) is 0 Å². The molecule has 0 fully saturated rings. The van der Waals surface area contributed by atoms with Gasteiger partial charge < -0.3 is 20.5 Å². The highest BCUT2D eigenvalue weighted by atomic mass is 19.1. The Bertz CT molecular complexity index is 468. The fourth-order valence-electron chi connectivity index (χ4n) is 1.78. The molecule has 1 aliphatic rings. The van der Waals surface area contributed by atoms with E-state index in [9.17, 15) is 14.2 Å². The second-order valence-electron chi connectivity index (χ2n) is 3.95. The predicted molar refractivity (Wildman–Crippen MR) is 58.1 cm³/mol. The first kappa shape index (κ1) is 12.0. The van der Waals surface area contributed by atoms with Crippen LogP contribution in [0.5, 0.6) is 0 Å². The number of hydrogen-bond donors (Lipinski definition) is 3. The van der Waals surface area contributed by atoms with Crippen LogP contribution in [0.4, 0.5) is 4.39 Å². The molecular formula is C10H11BFNO4. The van der Waals surface area contributed by atoms with Crippen molar-refractivity contribution in [2.45, 2.75) is 19.1 Å². The van der Waals surface area contributed by atoms with Gasteiger partial charge in [-0.25, -0.2) is 4.39 Å². The van der Waals surface area contributed by atoms with Crippen LogP contribution in [0, 0.1) is 5.82 Å². The van der Waals surface area contributed by atoms with Crippen molar-refractivity contribution in [1.29, 1.82) is 0 Å². The number of halogens is 1. The number of aliphatic carboxylic acids is 1. The molecule has 90 valence electrons. The Labute approximate surface area is 97.1 Å². The van der Waals surface area contributed by atoms with Gasteiger partial charge in [-0.2, -0.15) is 0 Å². The number of carboxylic acid groups (broad SMARTS) is 1. The highest BCUT2D eigenvalue weighted by molar-refractivity contribution is 6.61. The summed E-state index contributed by atoms with van der Waals surface area (Å²) in [7, 11) is -1.11. The summed E-state index contributed by atoms with van der Waals surface area (Å²) in [4.78, 5) is 10.6. The summed E-state index contributed by atoms with van der Waals surface area (Å²) in [5, 5.41) is 18.0. The zero-order valence-electron chi connectivity index (χ0n) is 8.89. The fraction of sp³-hybridized carbons (Fsp3) is 0.300. The predicted octanol–water partition coefficient (Wildman–Crippen LogP) is -1.00. The number of fused-ring (bicyclic) bond motifs is 1. The number of hydrogen-bond acceptors (Lipinski definition) is 4. The monoisotopic (exact) mass is 239 g/mol. The summed E-state index contributed by atoms with van der Waals surface area (Å²) < 4.78 is 18.6. The van der Waals surface area contributed by atoms with Gasteiger partial charge in [0.05, 0.1) is 6.61 Å². The molecule has 0 saturated carbocycles. The smallest absolute Gasteiger partial charge is 0.480 e. The summed E-state index contributed by atoms with van der Waals surface area (Å²) in [5.74, 6) is -1.76. The van der Waals surface area contributed by atoms with Crippen molar-refractivity contribution < 1.29 is 24.0 Å². The van der Waals surface area contributed by atoms with Crippen LogP contribution < -0.4 is 11.2 Å². The SMILES string of the molecule is N[C@@H](Cc1cc2c(cc1F)B(O)OC2)C(=O)O. The van der Waals surface area contributed by atoms with Gasteiger partial charge in [-0.05, 0) is 22.7 Å². The largest absolute Gasteiger partial charge is 0.491 e. The minimum Gasteiger partial charge on any atom is -0.480 e. The molecule has 17 heavy (non-hydrogen) atoms. The van der Waals surface area contributed by atoms with Gasteiger partial charge in [-0.15, -0.1) is 0 Å². The summed E-state index contributed by atoms with van der Waals surface area (Å²) >= 11 is 0. The third kappa shape index (κ3) is 2.31. The third-order valence-corrected chi connectivity index (χ3v) is 2.73. The van der Waals surface area contributed by atoms with Gasteiger partial charge >= 0.3 is 13.1 Å². The molecule has 0 aliphatic carbocycles. The molecule has 1 aromatic rings. The van der Waals surface area contributed by atoms with Crippen molar-refractivity contribution in [3.05, 3.63) is 29.1 Å². The Morgan fingerprint density at radius 1 is 1.65 bits per heavy atom. The van der Waals surface area contributed by atoms with E-state index in [4.69, 9.17) is 15.5 Å². The Kier molecular flexibility index (Phi) is 3.14. The molecule has 1 aliphatic heterocycles. The first-order valence-electron chi connectivity index (χ1n) is 5.08. The normalized spacial score (nSPS) is 15.8. The zero-order valence-corrected chi connectivity index (χ0v) is 8.89. The minimum absolute atomic E-state index is 0.0927. The van der Waals surface area contributed by atoms with Crippen molar-refractivity contribution in [2.75, 3.05) is 0 Å². The topological polar surface area (TPSA) is 92.8 Å². The van der Waals surface area contributed by atoms with Crippen molar-refractivity contribution >= 4 is 18.6 Å². The zero-order chi connectivity index (χ0) is 12.6. The molecule has 0 aromatic heterocycles. The highest BCUT2D eigenvalue weighted by Crippen LogP contribution is 2.16. The van der Waals surface area contributed by atoms with E-state index >= 15 is 0 Å². The second kappa shape index (κ2) is 4.44. The average Bonchev–Trinajstić information content (AvgIpc) is 2.61. The van der Waals surface area contributed by atoms with Gasteiger partial charge in [0.15, 0.2) is 0 Å². The summed E-state index contributed by atoms with van der Waals surface area (Å²) in [6.07, 6.45) is -0.0927. The maximum absolute atomic E-state index is 13.6. The highest BCUT2D eigenvalue weighted by Gasteiger charge is 2.29. The van der Waals surface area contributed by atoms with Crippen molar-refractivity contribution in [3.63, 3.8) is 0 Å². The molecule has 4 N–H and O–H groups in total. The lowest BCUT2D eigenvalue weighted by Crippen LogP contribution is -2.33. The maximum Gasteiger partial charge on any atom is 0.491 e. The first-order chi connectivity index (χ1) is 7.99. The van der Waals surface area contributed by atoms with E-state index in [-0.39, 0.29) is 18.6 Å². The molecule has 0 saturated heterocycles. The van der Waals surface area contributed by atoms with Crippen LogP contribution in [0.1, 0.15) is 11.1 Å². The summed E-state index contributed by atoms with van der Waals surface area (Å²) in [5.41, 5.74) is 6.61. The Morgan fingerprint density at radius 3 is 3.00 bits per heavy atom. The second-order valence-corrected chi connectivity index (χ2v) is 3.95. The van der Waals surface area contributed by atoms with E-state index in [1.165, 1.54) is 6.07 Å². The van der Waals surface area contributed by atoms with Crippen molar-refractivity contribution in [2.24, 2.45) is 5.73 Å². The van der Waals surface area contributed by atoms with E-state index in [1.807, 2.05) is 0 Å². The minimum atomic E-state index is -1.18. The van der Waals surface area contributed by atoms with E-state index in [1.54, 1.807) is 0 Å². The average molecular weight is 239 g/mol. The lowest BCUT2D eigenvalue weighted by molar-refractivity contribution is -0.138. The van der Waals surface area contributed by atoms with Gasteiger partial charge in [0.2, 0.25) is 0 Å². The number of nitrogens with two attached hydrogens (primary N) is 1. The molecule has 1 heterocycles. The van der Waals surface area contributed by atoms with Crippen LogP contribution in [0.2, 0.25) is 0 Å². The third-order valence-electron chi connectivity index (χ3n) is 2.73. The molecule has 7 heteroatoms. The first-order valence-corrected chi connectivity index (χ1v) is 5.08. The van der Waals surface area contributed by atoms with Crippen LogP contribution >= 0.6 is 0 Å². The Morgan fingerprint density at radius 2 is 2.35 bits per heavy atom. The fourth-order valence-corrected chi connectivity index (χ4v) is 1.78. The molecule has 1 aromatic carbocycles. The van der Waals surface area contributed by atoms with Gasteiger partial charge in [0.1, 0.15) is 11.9 Å². The molecule has 0 radical (unpaired) electrons. The lowest BCUT2D eigenvalue weighted by Gasteiger charge is -2.09. The van der Waals surface area contributed by atoms with Crippen molar-refractivity contribution in [3.8, 4) is 0 Å². The Hall–Kier alpha value is -1.44. The standard InChI is InChI=1S/C10H11BFNO4/c12-8-3-7-6(4-17-11(7)16)1-5(8)2-9(13)10(14)15/h1,3,9,16H,2,4,13H2,(H,14,15)/t9-/m0/s1. The van der Waals surface area contributed by atoms with Crippen LogP contribution in [-0.2, 0) is 22.5 Å². The quantitative estimate of drug-likeness (QED) is 0.588. The van der Waals surface area contributed by atoms with Crippen LogP contribution in [0.3, 0.4) is 0 Å². The van der Waals surface area contributed by atoms with Crippen LogP contribution in [0.15, 0.2) is 12.1 Å². The Balaban J connectivity index is 2.28. The molecule has 5 nitrogen and oxygen atoms in total. The van der Waals surface area contributed by atoms with Crippen molar-refractivity contribution in [1.82, 2.24) is 0 Å². The van der Waals surface area contributed by atoms with E-state index in [0.717, 1.165) is 6.07 Å². The molecular weight excluding hydrogens is 228 g/mol. The maximum atomic E-state index is 13.6. The van der Waals surface area contributed by atoms with Gasteiger partial charge in [-0.3, -0.25) is 4.79 Å². The number of carbonyl (C=O) groups is 1. The summed E-state index contributed by atoms with van der Waals surface area (Å²) in [6, 6.07) is 1.51. The molecule has 0 unspecified atom stereocenters. The summed E-state index contributed by atoms with van der Waals surface area (Å²) in [6.45, 7) is 0.187. The van der Waals surface area contributed by atoms with E-state index in [2.05, 4.69) is 0 Å².